The van der Waals surface area contributed by atoms with Gasteiger partial charge in [0.15, 0.2) is 11.7 Å². The Hall–Kier alpha value is -1.85. The van der Waals surface area contributed by atoms with E-state index in [1.54, 1.807) is 13.1 Å². The van der Waals surface area contributed by atoms with Gasteiger partial charge in [0.05, 0.1) is 11.7 Å². The van der Waals surface area contributed by atoms with E-state index in [9.17, 15) is 4.79 Å². The molecule has 22 heavy (non-hydrogen) atoms. The van der Waals surface area contributed by atoms with Crippen molar-refractivity contribution in [2.45, 2.75) is 38.1 Å². The van der Waals surface area contributed by atoms with Gasteiger partial charge in [-0.05, 0) is 37.1 Å². The van der Waals surface area contributed by atoms with Crippen LogP contribution in [-0.2, 0) is 4.79 Å². The summed E-state index contributed by atoms with van der Waals surface area (Å²) in [7, 11) is 0. The predicted octanol–water partition coefficient (Wildman–Crippen LogP) is 3.28. The average Bonchev–Trinajstić information content (AvgIpc) is 3.09. The lowest BCUT2D eigenvalue weighted by atomic mass is 9.98. The second-order valence-corrected chi connectivity index (χ2v) is 5.64. The highest BCUT2D eigenvalue weighted by Crippen LogP contribution is 2.29. The number of amides is 1. The Morgan fingerprint density at radius 1 is 1.27 bits per heavy atom. The summed E-state index contributed by atoms with van der Waals surface area (Å²) < 4.78 is 5.47. The number of oxazole rings is 1. The molecule has 0 bridgehead atoms. The highest BCUT2D eigenvalue weighted by molar-refractivity contribution is 5.98. The van der Waals surface area contributed by atoms with Crippen molar-refractivity contribution in [3.05, 3.63) is 36.4 Å². The Morgan fingerprint density at radius 3 is 2.45 bits per heavy atom. The summed E-state index contributed by atoms with van der Waals surface area (Å²) in [6.45, 7) is 1.81. The molecule has 1 aliphatic rings. The first-order valence-corrected chi connectivity index (χ1v) is 7.20. The Morgan fingerprint density at radius 2 is 1.91 bits per heavy atom. The molecule has 1 fully saturated rings. The van der Waals surface area contributed by atoms with Crippen LogP contribution in [0.3, 0.4) is 0 Å². The number of nitrogens with zero attached hydrogens (tertiary/aromatic N) is 1. The number of benzene rings is 1. The molecule has 1 amide bonds. The molecule has 1 saturated carbocycles. The van der Waals surface area contributed by atoms with Crippen LogP contribution in [0.2, 0.25) is 0 Å². The molecule has 2 aromatic rings. The van der Waals surface area contributed by atoms with Crippen LogP contribution in [0.5, 0.6) is 0 Å². The van der Waals surface area contributed by atoms with Crippen molar-refractivity contribution >= 4 is 24.0 Å². The molecule has 118 valence electrons. The molecule has 3 rings (SSSR count). The van der Waals surface area contributed by atoms with Crippen LogP contribution < -0.4 is 11.1 Å². The number of carbonyl (C=O) groups excluding carboxylic acids is 1. The van der Waals surface area contributed by atoms with Gasteiger partial charge in [0.1, 0.15) is 0 Å². The maximum absolute atomic E-state index is 12.2. The first-order valence-electron chi connectivity index (χ1n) is 7.20. The minimum absolute atomic E-state index is 0. The van der Waals surface area contributed by atoms with Crippen LogP contribution >= 0.6 is 12.4 Å². The fraction of sp³-hybridized carbons (Fsp3) is 0.375. The topological polar surface area (TPSA) is 81.2 Å². The van der Waals surface area contributed by atoms with E-state index in [1.807, 2.05) is 24.3 Å². The minimum atomic E-state index is -0.708. The van der Waals surface area contributed by atoms with E-state index in [4.69, 9.17) is 10.2 Å². The summed E-state index contributed by atoms with van der Waals surface area (Å²) in [5.74, 6) is 1.26. The van der Waals surface area contributed by atoms with Gasteiger partial charge in [-0.25, -0.2) is 4.98 Å². The third-order valence-electron chi connectivity index (χ3n) is 4.00. The number of aryl methyl sites for hydroxylation is 1. The Kier molecular flexibility index (Phi) is 4.88. The summed E-state index contributed by atoms with van der Waals surface area (Å²) in [6.07, 6.45) is 5.25. The van der Waals surface area contributed by atoms with Crippen molar-refractivity contribution in [2.24, 2.45) is 5.73 Å². The molecule has 0 saturated heterocycles. The second-order valence-electron chi connectivity index (χ2n) is 5.64. The van der Waals surface area contributed by atoms with E-state index in [2.05, 4.69) is 10.3 Å². The highest BCUT2D eigenvalue weighted by atomic mass is 35.5. The summed E-state index contributed by atoms with van der Waals surface area (Å²) in [6, 6.07) is 7.49. The number of halogens is 1. The zero-order valence-electron chi connectivity index (χ0n) is 12.5. The van der Waals surface area contributed by atoms with Crippen molar-refractivity contribution in [3.8, 4) is 11.3 Å². The molecular weight excluding hydrogens is 302 g/mol. The lowest BCUT2D eigenvalue weighted by Crippen LogP contribution is -2.48. The fourth-order valence-corrected chi connectivity index (χ4v) is 2.70. The van der Waals surface area contributed by atoms with Gasteiger partial charge >= 0.3 is 0 Å². The monoisotopic (exact) mass is 321 g/mol. The number of nitrogens with two attached hydrogens (primary N) is 1. The number of hydrogen-bond acceptors (Lipinski definition) is 4. The van der Waals surface area contributed by atoms with Crippen LogP contribution in [0.15, 0.2) is 34.9 Å². The number of anilines is 1. The van der Waals surface area contributed by atoms with E-state index in [1.165, 1.54) is 0 Å². The quantitative estimate of drug-likeness (QED) is 0.909. The lowest BCUT2D eigenvalue weighted by Gasteiger charge is -2.22. The maximum atomic E-state index is 12.2. The van der Waals surface area contributed by atoms with Gasteiger partial charge in [0.25, 0.3) is 0 Å². The molecule has 1 aromatic heterocycles. The molecular formula is C16H20ClN3O2. The summed E-state index contributed by atoms with van der Waals surface area (Å²) in [4.78, 5) is 16.3. The van der Waals surface area contributed by atoms with Gasteiger partial charge in [-0.2, -0.15) is 0 Å². The standard InChI is InChI=1S/C16H19N3O2.ClH/c1-11-18-10-14(21-11)12-4-6-13(7-5-12)19-15(20)16(17)8-2-3-9-16;/h4-7,10H,2-3,8-9,17H2,1H3,(H,19,20);1H. The van der Waals surface area contributed by atoms with Crippen LogP contribution in [0.4, 0.5) is 5.69 Å². The Bertz CT molecular complexity index is 646. The SMILES string of the molecule is Cc1ncc(-c2ccc(NC(=O)C3(N)CCCC3)cc2)o1.Cl. The van der Waals surface area contributed by atoms with Crippen molar-refractivity contribution in [3.63, 3.8) is 0 Å². The predicted molar refractivity (Wildman–Crippen MR) is 87.9 cm³/mol. The van der Waals surface area contributed by atoms with Crippen molar-refractivity contribution in [1.82, 2.24) is 4.98 Å². The number of hydrogen-bond donors (Lipinski definition) is 2. The molecule has 1 aliphatic carbocycles. The van der Waals surface area contributed by atoms with E-state index < -0.39 is 5.54 Å². The summed E-state index contributed by atoms with van der Waals surface area (Å²) >= 11 is 0. The summed E-state index contributed by atoms with van der Waals surface area (Å²) in [5, 5.41) is 2.90. The number of aromatic nitrogens is 1. The highest BCUT2D eigenvalue weighted by Gasteiger charge is 2.36. The third-order valence-corrected chi connectivity index (χ3v) is 4.00. The fourth-order valence-electron chi connectivity index (χ4n) is 2.70. The zero-order chi connectivity index (χ0) is 14.9. The first-order chi connectivity index (χ1) is 10.1. The molecule has 0 radical (unpaired) electrons. The van der Waals surface area contributed by atoms with E-state index >= 15 is 0 Å². The summed E-state index contributed by atoms with van der Waals surface area (Å²) in [5.41, 5.74) is 7.11. The average molecular weight is 322 g/mol. The van der Waals surface area contributed by atoms with Gasteiger partial charge < -0.3 is 15.5 Å². The molecule has 0 aliphatic heterocycles. The molecule has 1 heterocycles. The molecule has 0 spiro atoms. The molecule has 1 aromatic carbocycles. The van der Waals surface area contributed by atoms with E-state index in [0.717, 1.165) is 42.7 Å². The van der Waals surface area contributed by atoms with Gasteiger partial charge in [-0.15, -0.1) is 12.4 Å². The van der Waals surface area contributed by atoms with E-state index in [0.29, 0.717) is 5.89 Å². The van der Waals surface area contributed by atoms with Crippen LogP contribution in [-0.4, -0.2) is 16.4 Å². The smallest absolute Gasteiger partial charge is 0.244 e. The van der Waals surface area contributed by atoms with Gasteiger partial charge in [0, 0.05) is 18.2 Å². The van der Waals surface area contributed by atoms with Crippen molar-refractivity contribution < 1.29 is 9.21 Å². The molecule has 6 heteroatoms. The van der Waals surface area contributed by atoms with Gasteiger partial charge in [-0.3, -0.25) is 4.79 Å². The van der Waals surface area contributed by atoms with Crippen LogP contribution in [0, 0.1) is 6.92 Å². The van der Waals surface area contributed by atoms with Crippen molar-refractivity contribution in [1.29, 1.82) is 0 Å². The Balaban J connectivity index is 0.00000176. The molecule has 3 N–H and O–H groups in total. The van der Waals surface area contributed by atoms with Gasteiger partial charge in [0.2, 0.25) is 5.91 Å². The molecule has 5 nitrogen and oxygen atoms in total. The molecule has 0 unspecified atom stereocenters. The Labute approximate surface area is 135 Å². The van der Waals surface area contributed by atoms with E-state index in [-0.39, 0.29) is 18.3 Å². The van der Waals surface area contributed by atoms with Crippen LogP contribution in [0.25, 0.3) is 11.3 Å². The number of rotatable bonds is 3. The number of carbonyl (C=O) groups is 1. The van der Waals surface area contributed by atoms with Crippen molar-refractivity contribution in [2.75, 3.05) is 5.32 Å². The zero-order valence-corrected chi connectivity index (χ0v) is 13.3. The lowest BCUT2D eigenvalue weighted by molar-refractivity contribution is -0.121. The van der Waals surface area contributed by atoms with Gasteiger partial charge in [-0.1, -0.05) is 12.8 Å². The maximum Gasteiger partial charge on any atom is 0.244 e. The molecule has 0 atom stereocenters. The first kappa shape index (κ1) is 16.5. The largest absolute Gasteiger partial charge is 0.441 e. The normalized spacial score (nSPS) is 16.1. The second kappa shape index (κ2) is 6.50. The van der Waals surface area contributed by atoms with Crippen LogP contribution in [0.1, 0.15) is 31.6 Å². The minimum Gasteiger partial charge on any atom is -0.441 e. The number of nitrogens with one attached hydrogen (secondary N) is 1. The third kappa shape index (κ3) is 3.31.